The van der Waals surface area contributed by atoms with Crippen molar-refractivity contribution in [2.75, 3.05) is 4.90 Å². The van der Waals surface area contributed by atoms with E-state index in [2.05, 4.69) is 133 Å². The largest absolute Gasteiger partial charge is 0.309 e. The second-order valence-corrected chi connectivity index (χ2v) is 9.29. The number of aryl methyl sites for hydroxylation is 1. The Hall–Kier alpha value is -4.69. The smallest absolute Gasteiger partial charge is 0.0711 e. The van der Waals surface area contributed by atoms with Crippen LogP contribution in [0.5, 0.6) is 0 Å². The average molecular weight is 461 g/mol. The number of fused-ring (bicyclic) bond motifs is 4. The fourth-order valence-electron chi connectivity index (χ4n) is 5.46. The normalized spacial score (nSPS) is 11.5. The quantitative estimate of drug-likeness (QED) is 0.244. The number of nitrogens with zero attached hydrogens (tertiary/aromatic N) is 2. The van der Waals surface area contributed by atoms with Gasteiger partial charge in [-0.3, -0.25) is 0 Å². The highest BCUT2D eigenvalue weighted by atomic mass is 15.1. The lowest BCUT2D eigenvalue weighted by atomic mass is 9.94. The number of aromatic nitrogens is 1. The maximum atomic E-state index is 4.92. The van der Waals surface area contributed by atoms with E-state index in [9.17, 15) is 0 Å². The molecule has 0 saturated heterocycles. The van der Waals surface area contributed by atoms with E-state index in [0.29, 0.717) is 0 Å². The molecule has 0 aliphatic rings. The van der Waals surface area contributed by atoms with Crippen molar-refractivity contribution in [3.8, 4) is 0 Å². The molecule has 1 heterocycles. The molecule has 2 heteroatoms. The van der Waals surface area contributed by atoms with E-state index in [-0.39, 0.29) is 0 Å². The summed E-state index contributed by atoms with van der Waals surface area (Å²) in [6.07, 6.45) is 0. The molecule has 0 amide bonds. The fourth-order valence-corrected chi connectivity index (χ4v) is 5.46. The fraction of sp³-hybridized carbons (Fsp3) is 0.0294. The third-order valence-electron chi connectivity index (χ3n) is 7.17. The van der Waals surface area contributed by atoms with Crippen molar-refractivity contribution in [2.24, 2.45) is 0 Å². The Bertz CT molecular complexity index is 1850. The van der Waals surface area contributed by atoms with E-state index in [1.807, 2.05) is 6.07 Å². The topological polar surface area (TPSA) is 16.1 Å². The van der Waals surface area contributed by atoms with Crippen LogP contribution in [0.4, 0.5) is 17.1 Å². The predicted molar refractivity (Wildman–Crippen MR) is 154 cm³/mol. The van der Waals surface area contributed by atoms with E-state index in [4.69, 9.17) is 4.98 Å². The molecule has 2 nitrogen and oxygen atoms in total. The SMILES string of the molecule is Cc1c2ccccc2c(N(c2ccccc2)c2ccc3nc4ccccc4cc3c2)c2ccccc12. The van der Waals surface area contributed by atoms with Crippen LogP contribution in [0.15, 0.2) is 127 Å². The summed E-state index contributed by atoms with van der Waals surface area (Å²) < 4.78 is 0. The second-order valence-electron chi connectivity index (χ2n) is 9.29. The molecule has 36 heavy (non-hydrogen) atoms. The summed E-state index contributed by atoms with van der Waals surface area (Å²) in [7, 11) is 0. The second kappa shape index (κ2) is 8.21. The van der Waals surface area contributed by atoms with Crippen LogP contribution >= 0.6 is 0 Å². The van der Waals surface area contributed by atoms with Crippen molar-refractivity contribution in [3.63, 3.8) is 0 Å². The van der Waals surface area contributed by atoms with Gasteiger partial charge in [0.15, 0.2) is 0 Å². The van der Waals surface area contributed by atoms with Gasteiger partial charge in [0.25, 0.3) is 0 Å². The number of pyridine rings is 1. The molecule has 1 aromatic heterocycles. The molecule has 0 saturated carbocycles. The molecule has 7 aromatic rings. The van der Waals surface area contributed by atoms with Crippen molar-refractivity contribution >= 4 is 60.4 Å². The monoisotopic (exact) mass is 460 g/mol. The molecule has 7 rings (SSSR count). The Balaban J connectivity index is 1.58. The minimum absolute atomic E-state index is 1.00. The number of anilines is 3. The highest BCUT2D eigenvalue weighted by molar-refractivity contribution is 6.16. The average Bonchev–Trinajstić information content (AvgIpc) is 2.94. The molecule has 0 radical (unpaired) electrons. The number of hydrogen-bond acceptors (Lipinski definition) is 2. The lowest BCUT2D eigenvalue weighted by Gasteiger charge is -2.29. The van der Waals surface area contributed by atoms with Crippen LogP contribution in [-0.4, -0.2) is 4.98 Å². The Kier molecular flexibility index (Phi) is 4.71. The van der Waals surface area contributed by atoms with Crippen molar-refractivity contribution in [1.29, 1.82) is 0 Å². The number of benzene rings is 6. The Morgan fingerprint density at radius 2 is 1.06 bits per heavy atom. The summed E-state index contributed by atoms with van der Waals surface area (Å²) in [5, 5.41) is 7.33. The highest BCUT2D eigenvalue weighted by Gasteiger charge is 2.20. The summed E-state index contributed by atoms with van der Waals surface area (Å²) in [5.74, 6) is 0. The summed E-state index contributed by atoms with van der Waals surface area (Å²) in [6.45, 7) is 2.23. The van der Waals surface area contributed by atoms with Crippen molar-refractivity contribution in [1.82, 2.24) is 4.98 Å². The first kappa shape index (κ1) is 20.7. The van der Waals surface area contributed by atoms with Gasteiger partial charge in [0.1, 0.15) is 0 Å². The zero-order chi connectivity index (χ0) is 24.1. The van der Waals surface area contributed by atoms with Gasteiger partial charge < -0.3 is 4.90 Å². The molecular formula is C34H24N2. The lowest BCUT2D eigenvalue weighted by Crippen LogP contribution is -2.11. The minimum atomic E-state index is 1.00. The Morgan fingerprint density at radius 1 is 0.472 bits per heavy atom. The lowest BCUT2D eigenvalue weighted by molar-refractivity contribution is 1.31. The van der Waals surface area contributed by atoms with E-state index in [1.54, 1.807) is 0 Å². The predicted octanol–water partition coefficient (Wildman–Crippen LogP) is 9.47. The van der Waals surface area contributed by atoms with Gasteiger partial charge in [-0.15, -0.1) is 0 Å². The van der Waals surface area contributed by atoms with Gasteiger partial charge in [0.2, 0.25) is 0 Å². The number of para-hydroxylation sites is 2. The number of hydrogen-bond donors (Lipinski definition) is 0. The summed E-state index contributed by atoms with van der Waals surface area (Å²) in [5.41, 5.74) is 6.78. The molecule has 0 N–H and O–H groups in total. The van der Waals surface area contributed by atoms with E-state index < -0.39 is 0 Å². The molecule has 0 bridgehead atoms. The van der Waals surface area contributed by atoms with Gasteiger partial charge in [-0.1, -0.05) is 84.9 Å². The Morgan fingerprint density at radius 3 is 1.78 bits per heavy atom. The van der Waals surface area contributed by atoms with Crippen LogP contribution in [0, 0.1) is 6.92 Å². The molecule has 0 unspecified atom stereocenters. The van der Waals surface area contributed by atoms with Crippen LogP contribution in [0.25, 0.3) is 43.4 Å². The van der Waals surface area contributed by atoms with Gasteiger partial charge in [0.05, 0.1) is 16.7 Å². The first-order chi connectivity index (χ1) is 17.8. The van der Waals surface area contributed by atoms with Gasteiger partial charge >= 0.3 is 0 Å². The maximum Gasteiger partial charge on any atom is 0.0711 e. The van der Waals surface area contributed by atoms with Crippen LogP contribution < -0.4 is 4.90 Å². The van der Waals surface area contributed by atoms with Gasteiger partial charge in [-0.25, -0.2) is 4.98 Å². The minimum Gasteiger partial charge on any atom is -0.309 e. The van der Waals surface area contributed by atoms with Crippen molar-refractivity contribution in [3.05, 3.63) is 133 Å². The molecule has 0 spiro atoms. The standard InChI is InChI=1S/C34H24N2/c1-23-28-14-6-8-16-30(28)34(31-17-9-7-15-29(23)31)36(26-12-3-2-4-13-26)27-19-20-33-25(22-27)21-24-11-5-10-18-32(24)35-33/h2-22H,1H3. The van der Waals surface area contributed by atoms with Crippen LogP contribution in [0.1, 0.15) is 5.56 Å². The van der Waals surface area contributed by atoms with E-state index >= 15 is 0 Å². The summed E-state index contributed by atoms with van der Waals surface area (Å²) in [6, 6.07) is 45.3. The van der Waals surface area contributed by atoms with Gasteiger partial charge in [-0.2, -0.15) is 0 Å². The zero-order valence-corrected chi connectivity index (χ0v) is 20.0. The first-order valence-electron chi connectivity index (χ1n) is 12.3. The third kappa shape index (κ3) is 3.23. The number of rotatable bonds is 3. The summed E-state index contributed by atoms with van der Waals surface area (Å²) >= 11 is 0. The molecule has 0 fully saturated rings. The molecular weight excluding hydrogens is 436 g/mol. The molecule has 0 atom stereocenters. The van der Waals surface area contributed by atoms with E-state index in [0.717, 1.165) is 33.2 Å². The van der Waals surface area contributed by atoms with Crippen LogP contribution in [0.2, 0.25) is 0 Å². The van der Waals surface area contributed by atoms with Crippen molar-refractivity contribution in [2.45, 2.75) is 6.92 Å². The molecule has 170 valence electrons. The Labute approximate surface area is 210 Å². The molecule has 0 aliphatic carbocycles. The molecule has 6 aromatic carbocycles. The third-order valence-corrected chi connectivity index (χ3v) is 7.17. The van der Waals surface area contributed by atoms with Crippen LogP contribution in [0.3, 0.4) is 0 Å². The van der Waals surface area contributed by atoms with Crippen molar-refractivity contribution < 1.29 is 0 Å². The zero-order valence-electron chi connectivity index (χ0n) is 20.0. The molecule has 0 aliphatic heterocycles. The highest BCUT2D eigenvalue weighted by Crippen LogP contribution is 2.45. The van der Waals surface area contributed by atoms with Crippen LogP contribution in [-0.2, 0) is 0 Å². The first-order valence-corrected chi connectivity index (χ1v) is 12.3. The maximum absolute atomic E-state index is 4.92. The van der Waals surface area contributed by atoms with E-state index in [1.165, 1.54) is 32.8 Å². The van der Waals surface area contributed by atoms with Gasteiger partial charge in [0, 0.05) is 32.9 Å². The van der Waals surface area contributed by atoms with Gasteiger partial charge in [-0.05, 0) is 65.7 Å². The summed E-state index contributed by atoms with van der Waals surface area (Å²) in [4.78, 5) is 7.32.